The van der Waals surface area contributed by atoms with Gasteiger partial charge in [-0.15, -0.1) is 0 Å². The van der Waals surface area contributed by atoms with E-state index in [4.69, 9.17) is 0 Å². The number of fused-ring (bicyclic) bond motifs is 1. The molecule has 4 aromatic carbocycles. The third-order valence-corrected chi connectivity index (χ3v) is 4.71. The van der Waals surface area contributed by atoms with Crippen LogP contribution in [0.2, 0.25) is 0 Å². The number of hydrogen-bond acceptors (Lipinski definition) is 0. The Morgan fingerprint density at radius 3 is 1.21 bits per heavy atom. The first-order valence-corrected chi connectivity index (χ1v) is 9.38. The van der Waals surface area contributed by atoms with Gasteiger partial charge in [-0.05, 0) is 61.0 Å². The molecule has 0 aliphatic heterocycles. The minimum atomic E-state index is 1.03. The van der Waals surface area contributed by atoms with Crippen molar-refractivity contribution >= 4 is 10.8 Å². The Kier molecular flexibility index (Phi) is 4.97. The van der Waals surface area contributed by atoms with E-state index in [0.29, 0.717) is 0 Å². The summed E-state index contributed by atoms with van der Waals surface area (Å²) >= 11 is 0. The van der Waals surface area contributed by atoms with Crippen LogP contribution >= 0.6 is 0 Å². The summed E-state index contributed by atoms with van der Waals surface area (Å²) in [7, 11) is 0. The summed E-state index contributed by atoms with van der Waals surface area (Å²) in [6.45, 7) is 4.17. The Balaban J connectivity index is 1.73. The van der Waals surface area contributed by atoms with Crippen molar-refractivity contribution in [2.75, 3.05) is 0 Å². The van der Waals surface area contributed by atoms with E-state index in [1.807, 2.05) is 0 Å². The third-order valence-electron chi connectivity index (χ3n) is 4.71. The second kappa shape index (κ2) is 7.87. The highest BCUT2D eigenvalue weighted by Crippen LogP contribution is 2.22. The van der Waals surface area contributed by atoms with Gasteiger partial charge in [-0.25, -0.2) is 0 Å². The molecule has 0 bridgehead atoms. The summed E-state index contributed by atoms with van der Waals surface area (Å²) < 4.78 is 0. The molecule has 0 fully saturated rings. The lowest BCUT2D eigenvalue weighted by Gasteiger charge is -2.03. The van der Waals surface area contributed by atoms with Crippen LogP contribution in [0.1, 0.15) is 33.4 Å². The minimum Gasteiger partial charge on any atom is -0.0616 e. The van der Waals surface area contributed by atoms with Gasteiger partial charge < -0.3 is 0 Å². The van der Waals surface area contributed by atoms with Gasteiger partial charge in [0.1, 0.15) is 0 Å². The van der Waals surface area contributed by atoms with Crippen LogP contribution < -0.4 is 0 Å². The molecule has 0 amide bonds. The first kappa shape index (κ1) is 17.7. The number of aryl methyl sites for hydroxylation is 2. The summed E-state index contributed by atoms with van der Waals surface area (Å²) in [5.74, 6) is 13.2. The van der Waals surface area contributed by atoms with E-state index in [1.165, 1.54) is 11.1 Å². The van der Waals surface area contributed by atoms with Crippen molar-refractivity contribution < 1.29 is 0 Å². The number of rotatable bonds is 0. The number of benzene rings is 4. The molecule has 0 heteroatoms. The zero-order valence-corrected chi connectivity index (χ0v) is 16.1. The lowest BCUT2D eigenvalue weighted by molar-refractivity contribution is 1.46. The van der Waals surface area contributed by atoms with Gasteiger partial charge in [-0.1, -0.05) is 83.3 Å². The molecule has 0 saturated heterocycles. The van der Waals surface area contributed by atoms with Crippen molar-refractivity contribution in [1.82, 2.24) is 0 Å². The summed E-state index contributed by atoms with van der Waals surface area (Å²) in [4.78, 5) is 0. The Bertz CT molecular complexity index is 1150. The zero-order valence-electron chi connectivity index (χ0n) is 16.1. The molecule has 0 spiro atoms. The molecule has 0 aliphatic rings. The molecule has 0 radical (unpaired) electrons. The largest absolute Gasteiger partial charge is 0.0616 e. The van der Waals surface area contributed by atoms with Crippen molar-refractivity contribution in [3.8, 4) is 23.7 Å². The van der Waals surface area contributed by atoms with Gasteiger partial charge in [0.05, 0.1) is 0 Å². The smallest absolute Gasteiger partial charge is 0.0328 e. The van der Waals surface area contributed by atoms with Gasteiger partial charge in [-0.3, -0.25) is 0 Å². The van der Waals surface area contributed by atoms with Gasteiger partial charge in [0.15, 0.2) is 0 Å². The highest BCUT2D eigenvalue weighted by molar-refractivity contribution is 5.93. The molecule has 0 saturated carbocycles. The standard InChI is InChI=1S/C28H20/c1-21-7-11-23(12-8-21)15-17-25-19-20-26(28-6-4-3-5-27(25)28)18-16-24-13-9-22(2)10-14-24/h3-14,19-20H,1-2H3. The first-order chi connectivity index (χ1) is 13.7. The van der Waals surface area contributed by atoms with E-state index in [2.05, 4.69) is 122 Å². The maximum atomic E-state index is 3.33. The van der Waals surface area contributed by atoms with Crippen LogP contribution in [-0.4, -0.2) is 0 Å². The minimum absolute atomic E-state index is 1.03. The van der Waals surface area contributed by atoms with E-state index >= 15 is 0 Å². The van der Waals surface area contributed by atoms with E-state index in [-0.39, 0.29) is 0 Å². The zero-order chi connectivity index (χ0) is 19.3. The van der Waals surface area contributed by atoms with Crippen LogP contribution in [-0.2, 0) is 0 Å². The van der Waals surface area contributed by atoms with Crippen LogP contribution in [0.25, 0.3) is 10.8 Å². The van der Waals surface area contributed by atoms with Crippen LogP contribution in [0, 0.1) is 37.5 Å². The maximum Gasteiger partial charge on any atom is 0.0328 e. The second-order valence-electron chi connectivity index (χ2n) is 6.94. The van der Waals surface area contributed by atoms with Crippen LogP contribution in [0.4, 0.5) is 0 Å². The highest BCUT2D eigenvalue weighted by Gasteiger charge is 2.02. The fourth-order valence-electron chi connectivity index (χ4n) is 3.07. The molecular formula is C28H20. The van der Waals surface area contributed by atoms with Crippen molar-refractivity contribution in [2.45, 2.75) is 13.8 Å². The Morgan fingerprint density at radius 2 is 0.821 bits per heavy atom. The number of hydrogen-bond donors (Lipinski definition) is 0. The SMILES string of the molecule is Cc1ccc(C#Cc2ccc(C#Cc3ccc(C)cc3)c3ccccc23)cc1. The molecule has 0 nitrogen and oxygen atoms in total. The summed E-state index contributed by atoms with van der Waals surface area (Å²) in [6, 6.07) is 29.1. The topological polar surface area (TPSA) is 0 Å². The van der Waals surface area contributed by atoms with E-state index in [0.717, 1.165) is 33.0 Å². The Morgan fingerprint density at radius 1 is 0.429 bits per heavy atom. The van der Waals surface area contributed by atoms with E-state index < -0.39 is 0 Å². The molecule has 132 valence electrons. The Labute approximate surface area is 166 Å². The lowest BCUT2D eigenvalue weighted by atomic mass is 9.99. The Hall–Kier alpha value is -3.74. The fraction of sp³-hybridized carbons (Fsp3) is 0.0714. The van der Waals surface area contributed by atoms with Crippen LogP contribution in [0.15, 0.2) is 84.9 Å². The van der Waals surface area contributed by atoms with Crippen molar-refractivity contribution in [2.24, 2.45) is 0 Å². The average Bonchev–Trinajstić information content (AvgIpc) is 2.73. The molecule has 0 unspecified atom stereocenters. The molecule has 0 aliphatic carbocycles. The molecule has 0 N–H and O–H groups in total. The van der Waals surface area contributed by atoms with Gasteiger partial charge >= 0.3 is 0 Å². The lowest BCUT2D eigenvalue weighted by Crippen LogP contribution is -1.85. The third kappa shape index (κ3) is 3.98. The van der Waals surface area contributed by atoms with Crippen LogP contribution in [0.5, 0.6) is 0 Å². The normalized spacial score (nSPS) is 9.93. The summed E-state index contributed by atoms with van der Waals surface area (Å²) in [5, 5.41) is 2.27. The van der Waals surface area contributed by atoms with Gasteiger partial charge in [-0.2, -0.15) is 0 Å². The molecule has 4 aromatic rings. The molecule has 0 atom stereocenters. The van der Waals surface area contributed by atoms with E-state index in [9.17, 15) is 0 Å². The molecule has 4 rings (SSSR count). The maximum absolute atomic E-state index is 3.33. The van der Waals surface area contributed by atoms with Crippen LogP contribution in [0.3, 0.4) is 0 Å². The average molecular weight is 356 g/mol. The monoisotopic (exact) mass is 356 g/mol. The van der Waals surface area contributed by atoms with E-state index in [1.54, 1.807) is 0 Å². The predicted octanol–water partition coefficient (Wildman–Crippen LogP) is 6.26. The quantitative estimate of drug-likeness (QED) is 0.326. The fourth-order valence-corrected chi connectivity index (χ4v) is 3.07. The summed E-state index contributed by atoms with van der Waals surface area (Å²) in [6.07, 6.45) is 0. The molecule has 0 heterocycles. The predicted molar refractivity (Wildman–Crippen MR) is 118 cm³/mol. The van der Waals surface area contributed by atoms with Crippen molar-refractivity contribution in [3.05, 3.63) is 118 Å². The molecule has 0 aromatic heterocycles. The van der Waals surface area contributed by atoms with Gasteiger partial charge in [0, 0.05) is 22.3 Å². The van der Waals surface area contributed by atoms with Crippen molar-refractivity contribution in [1.29, 1.82) is 0 Å². The second-order valence-corrected chi connectivity index (χ2v) is 6.94. The van der Waals surface area contributed by atoms with Crippen molar-refractivity contribution in [3.63, 3.8) is 0 Å². The highest BCUT2D eigenvalue weighted by atomic mass is 14.0. The van der Waals surface area contributed by atoms with Gasteiger partial charge in [0.25, 0.3) is 0 Å². The summed E-state index contributed by atoms with van der Waals surface area (Å²) in [5.41, 5.74) is 6.59. The first-order valence-electron chi connectivity index (χ1n) is 9.38. The van der Waals surface area contributed by atoms with Gasteiger partial charge in [0.2, 0.25) is 0 Å². The molecular weight excluding hydrogens is 336 g/mol. The molecule has 28 heavy (non-hydrogen) atoms.